The van der Waals surface area contributed by atoms with E-state index in [-0.39, 0.29) is 17.9 Å². The number of nitrogens with one attached hydrogen (secondary N) is 2. The van der Waals surface area contributed by atoms with Crippen LogP contribution in [-0.4, -0.2) is 28.5 Å². The van der Waals surface area contributed by atoms with Crippen molar-refractivity contribution in [3.05, 3.63) is 11.9 Å². The standard InChI is InChI=1S/C12H21N5O/c1-5-14-12(18)8(4)15-10-6-9(13)16-11(17-10)7(2)3/h6-8H,5H2,1-4H3,(H,14,18)(H3,13,15,16,17). The number of anilines is 2. The molecule has 1 atom stereocenters. The Morgan fingerprint density at radius 3 is 2.61 bits per heavy atom. The number of carbonyl (C=O) groups is 1. The summed E-state index contributed by atoms with van der Waals surface area (Å²) in [7, 11) is 0. The van der Waals surface area contributed by atoms with Gasteiger partial charge in [-0.15, -0.1) is 0 Å². The van der Waals surface area contributed by atoms with Crippen LogP contribution in [0.3, 0.4) is 0 Å². The lowest BCUT2D eigenvalue weighted by Crippen LogP contribution is -2.37. The molecule has 100 valence electrons. The molecule has 0 aliphatic carbocycles. The van der Waals surface area contributed by atoms with Gasteiger partial charge in [-0.1, -0.05) is 13.8 Å². The van der Waals surface area contributed by atoms with E-state index in [0.29, 0.717) is 24.0 Å². The minimum Gasteiger partial charge on any atom is -0.384 e. The summed E-state index contributed by atoms with van der Waals surface area (Å²) in [6.07, 6.45) is 0. The predicted molar refractivity (Wildman–Crippen MR) is 72.3 cm³/mol. The van der Waals surface area contributed by atoms with Crippen LogP contribution < -0.4 is 16.4 Å². The summed E-state index contributed by atoms with van der Waals surface area (Å²) < 4.78 is 0. The van der Waals surface area contributed by atoms with Crippen LogP contribution in [0.5, 0.6) is 0 Å². The van der Waals surface area contributed by atoms with Crippen LogP contribution in [0.25, 0.3) is 0 Å². The van der Waals surface area contributed by atoms with Crippen molar-refractivity contribution < 1.29 is 4.79 Å². The number of nitrogens with zero attached hydrogens (tertiary/aromatic N) is 2. The van der Waals surface area contributed by atoms with E-state index in [0.717, 1.165) is 0 Å². The van der Waals surface area contributed by atoms with E-state index in [4.69, 9.17) is 5.73 Å². The molecule has 0 aliphatic heterocycles. The molecule has 1 aromatic rings. The Morgan fingerprint density at radius 2 is 2.06 bits per heavy atom. The molecule has 0 saturated carbocycles. The average Bonchev–Trinajstić information content (AvgIpc) is 2.28. The van der Waals surface area contributed by atoms with Crippen LogP contribution in [0.15, 0.2) is 6.07 Å². The quantitative estimate of drug-likeness (QED) is 0.729. The highest BCUT2D eigenvalue weighted by molar-refractivity contribution is 5.83. The summed E-state index contributed by atoms with van der Waals surface area (Å²) in [5.41, 5.74) is 5.72. The summed E-state index contributed by atoms with van der Waals surface area (Å²) in [5, 5.41) is 5.76. The van der Waals surface area contributed by atoms with Gasteiger partial charge in [0.25, 0.3) is 0 Å². The number of amides is 1. The lowest BCUT2D eigenvalue weighted by Gasteiger charge is -2.15. The SMILES string of the molecule is CCNC(=O)C(C)Nc1cc(N)nc(C(C)C)n1. The Hall–Kier alpha value is -1.85. The molecule has 1 aromatic heterocycles. The molecular formula is C12H21N5O. The van der Waals surface area contributed by atoms with E-state index in [9.17, 15) is 4.79 Å². The van der Waals surface area contributed by atoms with E-state index in [1.807, 2.05) is 20.8 Å². The Bertz CT molecular complexity index is 419. The monoisotopic (exact) mass is 251 g/mol. The maximum Gasteiger partial charge on any atom is 0.242 e. The number of likely N-dealkylation sites (N-methyl/N-ethyl adjacent to an activating group) is 1. The van der Waals surface area contributed by atoms with Crippen LogP contribution in [0.4, 0.5) is 11.6 Å². The summed E-state index contributed by atoms with van der Waals surface area (Å²) >= 11 is 0. The van der Waals surface area contributed by atoms with Gasteiger partial charge in [0.15, 0.2) is 0 Å². The summed E-state index contributed by atoms with van der Waals surface area (Å²) in [5.74, 6) is 1.76. The first-order valence-electron chi connectivity index (χ1n) is 6.12. The molecule has 0 aliphatic rings. The van der Waals surface area contributed by atoms with Crippen LogP contribution in [0.1, 0.15) is 39.4 Å². The van der Waals surface area contributed by atoms with E-state index < -0.39 is 0 Å². The van der Waals surface area contributed by atoms with Crippen LogP contribution in [0.2, 0.25) is 0 Å². The van der Waals surface area contributed by atoms with Gasteiger partial charge in [-0.2, -0.15) is 0 Å². The van der Waals surface area contributed by atoms with Gasteiger partial charge in [0, 0.05) is 18.5 Å². The van der Waals surface area contributed by atoms with Gasteiger partial charge in [0.2, 0.25) is 5.91 Å². The van der Waals surface area contributed by atoms with Gasteiger partial charge < -0.3 is 16.4 Å². The number of hydrogen-bond donors (Lipinski definition) is 3. The van der Waals surface area contributed by atoms with E-state index in [1.165, 1.54) is 0 Å². The molecule has 1 unspecified atom stereocenters. The van der Waals surface area contributed by atoms with Gasteiger partial charge in [0.05, 0.1) is 0 Å². The zero-order chi connectivity index (χ0) is 13.7. The molecule has 18 heavy (non-hydrogen) atoms. The van der Waals surface area contributed by atoms with Gasteiger partial charge in [0.1, 0.15) is 23.5 Å². The van der Waals surface area contributed by atoms with Crippen molar-refractivity contribution >= 4 is 17.5 Å². The first-order valence-corrected chi connectivity index (χ1v) is 6.12. The zero-order valence-electron chi connectivity index (χ0n) is 11.3. The molecule has 1 amide bonds. The molecule has 0 fully saturated rings. The highest BCUT2D eigenvalue weighted by Crippen LogP contribution is 2.15. The smallest absolute Gasteiger partial charge is 0.242 e. The van der Waals surface area contributed by atoms with Crippen molar-refractivity contribution in [3.63, 3.8) is 0 Å². The van der Waals surface area contributed by atoms with E-state index in [1.54, 1.807) is 13.0 Å². The van der Waals surface area contributed by atoms with Crippen molar-refractivity contribution in [3.8, 4) is 0 Å². The largest absolute Gasteiger partial charge is 0.384 e. The third-order valence-electron chi connectivity index (χ3n) is 2.39. The van der Waals surface area contributed by atoms with Crippen molar-refractivity contribution in [1.82, 2.24) is 15.3 Å². The fraction of sp³-hybridized carbons (Fsp3) is 0.583. The maximum atomic E-state index is 11.6. The topological polar surface area (TPSA) is 92.9 Å². The van der Waals surface area contributed by atoms with Gasteiger partial charge in [-0.25, -0.2) is 9.97 Å². The number of aromatic nitrogens is 2. The molecule has 0 spiro atoms. The molecule has 6 heteroatoms. The lowest BCUT2D eigenvalue weighted by atomic mass is 10.2. The van der Waals surface area contributed by atoms with Crippen LogP contribution in [0, 0.1) is 0 Å². The second-order valence-electron chi connectivity index (χ2n) is 4.45. The molecule has 0 saturated heterocycles. The molecule has 0 aromatic carbocycles. The maximum absolute atomic E-state index is 11.6. The summed E-state index contributed by atoms with van der Waals surface area (Å²) in [4.78, 5) is 20.1. The minimum atomic E-state index is -0.362. The molecule has 1 heterocycles. The van der Waals surface area contributed by atoms with Gasteiger partial charge >= 0.3 is 0 Å². The van der Waals surface area contributed by atoms with Gasteiger partial charge in [-0.3, -0.25) is 4.79 Å². The summed E-state index contributed by atoms with van der Waals surface area (Å²) in [6, 6.07) is 1.26. The number of rotatable bonds is 5. The molecule has 6 nitrogen and oxygen atoms in total. The normalized spacial score (nSPS) is 12.3. The molecular weight excluding hydrogens is 230 g/mol. The van der Waals surface area contributed by atoms with E-state index >= 15 is 0 Å². The van der Waals surface area contributed by atoms with E-state index in [2.05, 4.69) is 20.6 Å². The highest BCUT2D eigenvalue weighted by atomic mass is 16.2. The first-order chi connectivity index (χ1) is 8.43. The summed E-state index contributed by atoms with van der Waals surface area (Å²) in [6.45, 7) is 8.24. The number of nitrogen functional groups attached to an aromatic ring is 1. The Labute approximate surface area is 107 Å². The Morgan fingerprint density at radius 1 is 1.39 bits per heavy atom. The highest BCUT2D eigenvalue weighted by Gasteiger charge is 2.13. The Balaban J connectivity index is 2.81. The second-order valence-corrected chi connectivity index (χ2v) is 4.45. The van der Waals surface area contributed by atoms with Crippen molar-refractivity contribution in [2.24, 2.45) is 0 Å². The molecule has 1 rings (SSSR count). The third kappa shape index (κ3) is 3.87. The predicted octanol–water partition coefficient (Wildman–Crippen LogP) is 1.12. The van der Waals surface area contributed by atoms with Crippen molar-refractivity contribution in [2.45, 2.75) is 39.7 Å². The second kappa shape index (κ2) is 6.18. The molecule has 0 bridgehead atoms. The molecule has 4 N–H and O–H groups in total. The number of nitrogens with two attached hydrogens (primary N) is 1. The fourth-order valence-corrected chi connectivity index (χ4v) is 1.43. The number of carbonyl (C=O) groups excluding carboxylic acids is 1. The minimum absolute atomic E-state index is 0.0687. The van der Waals surface area contributed by atoms with Gasteiger partial charge in [-0.05, 0) is 13.8 Å². The third-order valence-corrected chi connectivity index (χ3v) is 2.39. The fourth-order valence-electron chi connectivity index (χ4n) is 1.43. The Kier molecular flexibility index (Phi) is 4.88. The number of hydrogen-bond acceptors (Lipinski definition) is 5. The van der Waals surface area contributed by atoms with Crippen molar-refractivity contribution in [1.29, 1.82) is 0 Å². The first kappa shape index (κ1) is 14.2. The van der Waals surface area contributed by atoms with Crippen LogP contribution >= 0.6 is 0 Å². The molecule has 0 radical (unpaired) electrons. The van der Waals surface area contributed by atoms with Crippen LogP contribution in [-0.2, 0) is 4.79 Å². The lowest BCUT2D eigenvalue weighted by molar-refractivity contribution is -0.121. The van der Waals surface area contributed by atoms with Crippen molar-refractivity contribution in [2.75, 3.05) is 17.6 Å². The average molecular weight is 251 g/mol. The zero-order valence-corrected chi connectivity index (χ0v) is 11.3.